The highest BCUT2D eigenvalue weighted by molar-refractivity contribution is 5.87. The summed E-state index contributed by atoms with van der Waals surface area (Å²) < 4.78 is 39.7. The van der Waals surface area contributed by atoms with Crippen LogP contribution in [-0.2, 0) is 12.7 Å². The third kappa shape index (κ3) is 6.92. The second-order valence-electron chi connectivity index (χ2n) is 11.3. The molecule has 0 radical (unpaired) electrons. The van der Waals surface area contributed by atoms with E-state index in [1.54, 1.807) is 0 Å². The summed E-state index contributed by atoms with van der Waals surface area (Å²) in [5.41, 5.74) is 0.457. The number of hydrogen-bond acceptors (Lipinski definition) is 7. The van der Waals surface area contributed by atoms with Crippen molar-refractivity contribution in [3.63, 3.8) is 0 Å². The van der Waals surface area contributed by atoms with Crippen molar-refractivity contribution in [1.82, 2.24) is 14.9 Å². The van der Waals surface area contributed by atoms with Crippen molar-refractivity contribution in [3.8, 4) is 0 Å². The number of rotatable bonds is 11. The highest BCUT2D eigenvalue weighted by atomic mass is 19.4. The van der Waals surface area contributed by atoms with Crippen LogP contribution in [0.25, 0.3) is 0 Å². The summed E-state index contributed by atoms with van der Waals surface area (Å²) in [6, 6.07) is 5.48. The van der Waals surface area contributed by atoms with Gasteiger partial charge in [-0.1, -0.05) is 38.8 Å². The SMILES string of the molecule is C=Nc1nc(C(=O)O)nc(N[C@H](C)C2CCC2)c1N(Cc1ccc(C(F)(F)F)cc1)CN1CCCCC1C(C)C. The number of carboxylic acids is 1. The Morgan fingerprint density at radius 3 is 2.40 bits per heavy atom. The number of likely N-dealkylation sites (tertiary alicyclic amines) is 1. The van der Waals surface area contributed by atoms with Gasteiger partial charge in [-0.2, -0.15) is 13.2 Å². The molecule has 1 aliphatic carbocycles. The fourth-order valence-electron chi connectivity index (χ4n) is 5.70. The number of aromatic nitrogens is 2. The molecule has 2 aliphatic rings. The molecule has 11 heteroatoms. The number of alkyl halides is 3. The Morgan fingerprint density at radius 1 is 1.15 bits per heavy atom. The largest absolute Gasteiger partial charge is 0.475 e. The highest BCUT2D eigenvalue weighted by Gasteiger charge is 2.33. The first-order valence-corrected chi connectivity index (χ1v) is 14.0. The lowest BCUT2D eigenvalue weighted by Crippen LogP contribution is -2.48. The van der Waals surface area contributed by atoms with Gasteiger partial charge < -0.3 is 15.3 Å². The second-order valence-corrected chi connectivity index (χ2v) is 11.3. The van der Waals surface area contributed by atoms with Crippen LogP contribution in [0.3, 0.4) is 0 Å². The quantitative estimate of drug-likeness (QED) is 0.299. The van der Waals surface area contributed by atoms with Gasteiger partial charge in [0.1, 0.15) is 5.69 Å². The Kier molecular flexibility index (Phi) is 9.33. The summed E-state index contributed by atoms with van der Waals surface area (Å²) in [6.07, 6.45) is 2.11. The molecule has 2 atom stereocenters. The standard InChI is InChI=1S/C29H39F3N6O2/c1-18(2)23-10-5-6-15-37(23)17-38(16-20-11-13-22(14-12-20)29(30,31)32)24-25(33-4)35-27(28(39)40)36-26(24)34-19(3)21-8-7-9-21/h11-14,18-19,21,23H,4-10,15-17H2,1-3H3,(H,39,40)(H,34,35,36)/t19-,23?/m1/s1. The average Bonchev–Trinajstić information content (AvgIpc) is 2.86. The van der Waals surface area contributed by atoms with Crippen molar-refractivity contribution in [2.45, 2.75) is 84.1 Å². The topological polar surface area (TPSA) is 93.9 Å². The van der Waals surface area contributed by atoms with E-state index in [4.69, 9.17) is 0 Å². The number of aliphatic imine (C=N–C) groups is 1. The highest BCUT2D eigenvalue weighted by Crippen LogP contribution is 2.39. The maximum atomic E-state index is 13.2. The molecule has 218 valence electrons. The average molecular weight is 561 g/mol. The zero-order valence-electron chi connectivity index (χ0n) is 23.4. The summed E-state index contributed by atoms with van der Waals surface area (Å²) >= 11 is 0. The third-order valence-corrected chi connectivity index (χ3v) is 8.19. The monoisotopic (exact) mass is 560 g/mol. The van der Waals surface area contributed by atoms with E-state index < -0.39 is 17.7 Å². The minimum absolute atomic E-state index is 0.0352. The van der Waals surface area contributed by atoms with Gasteiger partial charge in [-0.3, -0.25) is 4.90 Å². The van der Waals surface area contributed by atoms with Gasteiger partial charge in [0.25, 0.3) is 0 Å². The van der Waals surface area contributed by atoms with Gasteiger partial charge in [0.2, 0.25) is 5.82 Å². The number of benzene rings is 1. The molecule has 2 heterocycles. The first kappa shape index (κ1) is 29.8. The van der Waals surface area contributed by atoms with E-state index in [0.717, 1.165) is 57.2 Å². The Labute approximate surface area is 233 Å². The Hall–Kier alpha value is -3.21. The summed E-state index contributed by atoms with van der Waals surface area (Å²) in [5.74, 6) is -0.345. The smallest absolute Gasteiger partial charge is 0.416 e. The lowest BCUT2D eigenvalue weighted by molar-refractivity contribution is -0.137. The van der Waals surface area contributed by atoms with Crippen LogP contribution in [0.1, 0.15) is 81.0 Å². The summed E-state index contributed by atoms with van der Waals surface area (Å²) in [7, 11) is 0. The molecule has 40 heavy (non-hydrogen) atoms. The molecule has 0 spiro atoms. The number of nitrogens with one attached hydrogen (secondary N) is 1. The van der Waals surface area contributed by atoms with Gasteiger partial charge in [-0.25, -0.2) is 19.8 Å². The van der Waals surface area contributed by atoms with E-state index in [0.29, 0.717) is 41.6 Å². The van der Waals surface area contributed by atoms with Gasteiger partial charge in [0.15, 0.2) is 11.6 Å². The Morgan fingerprint density at radius 2 is 1.85 bits per heavy atom. The van der Waals surface area contributed by atoms with Crippen molar-refractivity contribution >= 4 is 30.0 Å². The molecule has 1 unspecified atom stereocenters. The van der Waals surface area contributed by atoms with E-state index in [1.165, 1.54) is 12.1 Å². The molecular formula is C29H39F3N6O2. The van der Waals surface area contributed by atoms with E-state index in [-0.39, 0.29) is 24.2 Å². The molecule has 1 aliphatic heterocycles. The molecule has 4 rings (SSSR count). The third-order valence-electron chi connectivity index (χ3n) is 8.19. The van der Waals surface area contributed by atoms with E-state index in [1.807, 2.05) is 4.90 Å². The van der Waals surface area contributed by atoms with Gasteiger partial charge in [-0.15, -0.1) is 0 Å². The van der Waals surface area contributed by atoms with Gasteiger partial charge >= 0.3 is 12.1 Å². The number of aromatic carboxylic acids is 1. The Balaban J connectivity index is 1.78. The molecule has 8 nitrogen and oxygen atoms in total. The van der Waals surface area contributed by atoms with E-state index in [2.05, 4.69) is 52.7 Å². The number of nitrogens with zero attached hydrogens (tertiary/aromatic N) is 5. The summed E-state index contributed by atoms with van der Waals surface area (Å²) in [6.45, 7) is 11.7. The number of anilines is 2. The molecule has 2 aromatic rings. The molecule has 2 N–H and O–H groups in total. The lowest BCUT2D eigenvalue weighted by Gasteiger charge is -2.42. The Bertz CT molecular complexity index is 1180. The number of hydrogen-bond donors (Lipinski definition) is 2. The summed E-state index contributed by atoms with van der Waals surface area (Å²) in [5, 5.41) is 13.2. The molecular weight excluding hydrogens is 521 g/mol. The van der Waals surface area contributed by atoms with Crippen LogP contribution in [0.15, 0.2) is 29.3 Å². The lowest BCUT2D eigenvalue weighted by atomic mass is 9.80. The second kappa shape index (κ2) is 12.5. The normalized spacial score (nSPS) is 19.2. The van der Waals surface area contributed by atoms with E-state index in [9.17, 15) is 23.1 Å². The maximum absolute atomic E-state index is 13.2. The molecule has 1 saturated carbocycles. The van der Waals surface area contributed by atoms with Crippen LogP contribution in [0.4, 0.5) is 30.5 Å². The molecule has 1 aromatic carbocycles. The molecule has 0 bridgehead atoms. The molecule has 0 amide bonds. The first-order chi connectivity index (χ1) is 19.0. The molecule has 1 saturated heterocycles. The molecule has 1 aromatic heterocycles. The van der Waals surface area contributed by atoms with Gasteiger partial charge in [-0.05, 0) is 68.9 Å². The summed E-state index contributed by atoms with van der Waals surface area (Å²) in [4.78, 5) is 29.0. The van der Waals surface area contributed by atoms with Crippen LogP contribution in [0, 0.1) is 11.8 Å². The number of halogens is 3. The fourth-order valence-corrected chi connectivity index (χ4v) is 5.70. The minimum Gasteiger partial charge on any atom is -0.475 e. The van der Waals surface area contributed by atoms with Crippen LogP contribution in [-0.4, -0.2) is 58.0 Å². The van der Waals surface area contributed by atoms with Crippen LogP contribution in [0.2, 0.25) is 0 Å². The van der Waals surface area contributed by atoms with Crippen molar-refractivity contribution in [1.29, 1.82) is 0 Å². The number of carbonyl (C=O) groups is 1. The molecule has 2 fully saturated rings. The van der Waals surface area contributed by atoms with Crippen molar-refractivity contribution in [2.24, 2.45) is 16.8 Å². The van der Waals surface area contributed by atoms with Crippen molar-refractivity contribution in [3.05, 3.63) is 41.2 Å². The predicted molar refractivity (Wildman–Crippen MR) is 150 cm³/mol. The zero-order valence-corrected chi connectivity index (χ0v) is 23.4. The predicted octanol–water partition coefficient (Wildman–Crippen LogP) is 6.60. The van der Waals surface area contributed by atoms with Gasteiger partial charge in [0.05, 0.1) is 12.2 Å². The first-order valence-electron chi connectivity index (χ1n) is 14.0. The van der Waals surface area contributed by atoms with Crippen molar-refractivity contribution in [2.75, 3.05) is 23.4 Å². The van der Waals surface area contributed by atoms with Crippen molar-refractivity contribution < 1.29 is 23.1 Å². The fraction of sp³-hybridized carbons (Fsp3) is 0.586. The number of piperidine rings is 1. The van der Waals surface area contributed by atoms with Crippen LogP contribution in [0.5, 0.6) is 0 Å². The van der Waals surface area contributed by atoms with Crippen LogP contribution < -0.4 is 10.2 Å². The maximum Gasteiger partial charge on any atom is 0.416 e. The number of carboxylic acid groups (broad SMARTS) is 1. The van der Waals surface area contributed by atoms with Crippen LogP contribution >= 0.6 is 0 Å². The van der Waals surface area contributed by atoms with Gasteiger partial charge in [0, 0.05) is 25.2 Å². The zero-order chi connectivity index (χ0) is 29.0. The minimum atomic E-state index is -4.42. The van der Waals surface area contributed by atoms with E-state index >= 15 is 0 Å².